The molecule has 3 rings (SSSR count). The Labute approximate surface area is 189 Å². The fourth-order valence-electron chi connectivity index (χ4n) is 4.09. The van der Waals surface area contributed by atoms with Crippen LogP contribution in [0.15, 0.2) is 30.6 Å². The van der Waals surface area contributed by atoms with Crippen molar-refractivity contribution < 1.29 is 14.1 Å². The molecule has 0 unspecified atom stereocenters. The number of benzene rings is 1. The Morgan fingerprint density at radius 3 is 2.55 bits per heavy atom. The second kappa shape index (κ2) is 9.36. The molecular weight excluding hydrogens is 416 g/mol. The number of hydrogen-bond acceptors (Lipinski definition) is 4. The van der Waals surface area contributed by atoms with E-state index in [2.05, 4.69) is 47.8 Å². The van der Waals surface area contributed by atoms with Gasteiger partial charge in [-0.15, -0.1) is 0 Å². The molecule has 1 aromatic heterocycles. The lowest BCUT2D eigenvalue weighted by atomic mass is 9.86. The Kier molecular flexibility index (Phi) is 7.21. The van der Waals surface area contributed by atoms with Gasteiger partial charge in [-0.3, -0.25) is 0 Å². The highest BCUT2D eigenvalue weighted by Gasteiger charge is 2.35. The van der Waals surface area contributed by atoms with Gasteiger partial charge in [0.1, 0.15) is 12.0 Å². The third kappa shape index (κ3) is 5.92. The van der Waals surface area contributed by atoms with Crippen LogP contribution < -0.4 is 9.62 Å². The van der Waals surface area contributed by atoms with Crippen LogP contribution in [0, 0.1) is 5.92 Å². The second-order valence-corrected chi connectivity index (χ2v) is 10.9. The van der Waals surface area contributed by atoms with Crippen molar-refractivity contribution in [2.45, 2.75) is 64.3 Å². The van der Waals surface area contributed by atoms with Crippen molar-refractivity contribution in [3.8, 4) is 0 Å². The van der Waals surface area contributed by atoms with Crippen LogP contribution in [0.25, 0.3) is 11.0 Å². The number of aromatic nitrogens is 2. The summed E-state index contributed by atoms with van der Waals surface area (Å²) in [5.41, 5.74) is 2.98. The molecule has 0 atom stereocenters. The zero-order valence-corrected chi connectivity index (χ0v) is 20.3. The van der Waals surface area contributed by atoms with Crippen LogP contribution in [0.4, 0.5) is 14.5 Å². The molecule has 0 saturated heterocycles. The summed E-state index contributed by atoms with van der Waals surface area (Å²) < 4.78 is 33.7. The predicted octanol–water partition coefficient (Wildman–Crippen LogP) is 4.75. The van der Waals surface area contributed by atoms with E-state index in [0.717, 1.165) is 29.1 Å². The van der Waals surface area contributed by atoms with Gasteiger partial charge in [0.05, 0.1) is 42.1 Å². The standard InChI is InChI=1S/C23H35F2N5S/c1-22(2,3)21-27-19-15-18(29(6)31-28(5)14-13-26-4)7-8-20(19)30(21)16-17-9-11-23(24,25)12-10-17/h7-8,13-15,17,26H,9-12,16H2,1-6H3/p+1/b14-13-. The van der Waals surface area contributed by atoms with Gasteiger partial charge in [-0.1, -0.05) is 20.8 Å². The molecule has 1 aliphatic carbocycles. The predicted molar refractivity (Wildman–Crippen MR) is 126 cm³/mol. The summed E-state index contributed by atoms with van der Waals surface area (Å²) in [7, 11) is 6.05. The van der Waals surface area contributed by atoms with Gasteiger partial charge in [0, 0.05) is 38.9 Å². The molecule has 0 bridgehead atoms. The van der Waals surface area contributed by atoms with Crippen LogP contribution in [-0.4, -0.2) is 40.9 Å². The van der Waals surface area contributed by atoms with Gasteiger partial charge >= 0.3 is 0 Å². The number of quaternary nitrogens is 1. The Bertz CT molecular complexity index is 909. The number of halogens is 2. The van der Waals surface area contributed by atoms with Crippen LogP contribution in [0.3, 0.4) is 0 Å². The molecule has 1 aliphatic rings. The number of rotatable bonds is 7. The summed E-state index contributed by atoms with van der Waals surface area (Å²) in [6, 6.07) is 6.35. The number of nitrogens with zero attached hydrogens (tertiary/aromatic N) is 4. The maximum Gasteiger partial charge on any atom is 0.248 e. The first-order chi connectivity index (χ1) is 14.5. The van der Waals surface area contributed by atoms with E-state index in [1.165, 1.54) is 0 Å². The van der Waals surface area contributed by atoms with Crippen LogP contribution in [0.5, 0.6) is 0 Å². The van der Waals surface area contributed by atoms with E-state index < -0.39 is 5.92 Å². The normalized spacial score (nSPS) is 17.5. The largest absolute Gasteiger partial charge is 0.327 e. The third-order valence-corrected chi connectivity index (χ3v) is 6.62. The maximum atomic E-state index is 13.6. The molecule has 8 heteroatoms. The number of alkyl halides is 2. The smallest absolute Gasteiger partial charge is 0.248 e. The van der Waals surface area contributed by atoms with Gasteiger partial charge in [-0.05, 0) is 37.0 Å². The second-order valence-electron chi connectivity index (χ2n) is 9.57. The summed E-state index contributed by atoms with van der Waals surface area (Å²) in [4.78, 5) is 5.00. The van der Waals surface area contributed by atoms with Crippen LogP contribution in [0.2, 0.25) is 0 Å². The highest BCUT2D eigenvalue weighted by atomic mass is 32.2. The third-order valence-electron chi connectivity index (χ3n) is 5.78. The molecule has 0 amide bonds. The number of hydrogen-bond donors (Lipinski definition) is 1. The summed E-state index contributed by atoms with van der Waals surface area (Å²) in [6.45, 7) is 7.24. The van der Waals surface area contributed by atoms with Gasteiger partial charge < -0.3 is 18.5 Å². The van der Waals surface area contributed by atoms with Crippen LogP contribution in [0.1, 0.15) is 52.3 Å². The average molecular weight is 453 g/mol. The molecule has 0 spiro atoms. The van der Waals surface area contributed by atoms with Crippen LogP contribution >= 0.6 is 12.1 Å². The van der Waals surface area contributed by atoms with E-state index in [-0.39, 0.29) is 24.2 Å². The summed E-state index contributed by atoms with van der Waals surface area (Å²) in [5.74, 6) is -1.20. The van der Waals surface area contributed by atoms with Crippen molar-refractivity contribution in [1.29, 1.82) is 0 Å². The highest BCUT2D eigenvalue weighted by molar-refractivity contribution is 7.98. The van der Waals surface area contributed by atoms with Crippen molar-refractivity contribution in [2.75, 3.05) is 25.4 Å². The van der Waals surface area contributed by atoms with Gasteiger partial charge in [0.15, 0.2) is 0 Å². The molecule has 2 aromatic rings. The lowest BCUT2D eigenvalue weighted by Gasteiger charge is -2.30. The topological polar surface area (TPSA) is 40.9 Å². The van der Waals surface area contributed by atoms with E-state index in [0.29, 0.717) is 12.8 Å². The van der Waals surface area contributed by atoms with Gasteiger partial charge in [-0.2, -0.15) is 0 Å². The quantitative estimate of drug-likeness (QED) is 0.615. The molecule has 172 valence electrons. The summed E-state index contributed by atoms with van der Waals surface area (Å²) >= 11 is 1.60. The van der Waals surface area contributed by atoms with Crippen molar-refractivity contribution in [1.82, 2.24) is 13.9 Å². The molecule has 2 N–H and O–H groups in total. The van der Waals surface area contributed by atoms with Gasteiger partial charge in [0.25, 0.3) is 0 Å². The first kappa shape index (κ1) is 23.9. The van der Waals surface area contributed by atoms with Gasteiger partial charge in [0.2, 0.25) is 5.92 Å². The fraction of sp³-hybridized carbons (Fsp3) is 0.609. The number of fused-ring (bicyclic) bond motifs is 1. The zero-order chi connectivity index (χ0) is 22.8. The minimum absolute atomic E-state index is 0.000924. The Balaban J connectivity index is 1.87. The van der Waals surface area contributed by atoms with Crippen molar-refractivity contribution in [3.05, 3.63) is 36.4 Å². The lowest BCUT2D eigenvalue weighted by Crippen LogP contribution is -2.72. The lowest BCUT2D eigenvalue weighted by molar-refractivity contribution is -0.556. The van der Waals surface area contributed by atoms with E-state index in [4.69, 9.17) is 4.98 Å². The van der Waals surface area contributed by atoms with E-state index >= 15 is 0 Å². The minimum Gasteiger partial charge on any atom is -0.327 e. The number of nitrogens with two attached hydrogens (primary N) is 1. The molecule has 0 aliphatic heterocycles. The molecular formula is C23H36F2N5S+. The van der Waals surface area contributed by atoms with Gasteiger partial charge in [-0.25, -0.2) is 13.8 Å². The number of imidazole rings is 1. The average Bonchev–Trinajstić information content (AvgIpc) is 3.06. The SMILES string of the molecule is C[NH2+]/C=C\N(C)SN(C)c1ccc2c(c1)nc(C(C)(C)C)n2CC1CCC(F)(F)CC1. The molecule has 5 nitrogen and oxygen atoms in total. The summed E-state index contributed by atoms with van der Waals surface area (Å²) in [5, 5.41) is 2.00. The molecule has 1 heterocycles. The zero-order valence-electron chi connectivity index (χ0n) is 19.5. The molecule has 31 heavy (non-hydrogen) atoms. The van der Waals surface area contributed by atoms with Crippen molar-refractivity contribution in [2.24, 2.45) is 5.92 Å². The monoisotopic (exact) mass is 452 g/mol. The van der Waals surface area contributed by atoms with E-state index in [9.17, 15) is 8.78 Å². The molecule has 1 saturated carbocycles. The highest BCUT2D eigenvalue weighted by Crippen LogP contribution is 2.38. The summed E-state index contributed by atoms with van der Waals surface area (Å²) in [6.07, 6.45) is 5.16. The minimum atomic E-state index is -2.49. The Morgan fingerprint density at radius 2 is 1.94 bits per heavy atom. The van der Waals surface area contributed by atoms with Crippen molar-refractivity contribution >= 4 is 28.9 Å². The van der Waals surface area contributed by atoms with Crippen LogP contribution in [-0.2, 0) is 12.0 Å². The molecule has 1 aromatic carbocycles. The Morgan fingerprint density at radius 1 is 1.26 bits per heavy atom. The first-order valence-corrected chi connectivity index (χ1v) is 11.7. The number of anilines is 1. The van der Waals surface area contributed by atoms with E-state index in [1.807, 2.05) is 43.2 Å². The molecule has 1 fully saturated rings. The Hall–Kier alpha value is -1.80. The van der Waals surface area contributed by atoms with E-state index in [1.54, 1.807) is 12.1 Å². The van der Waals surface area contributed by atoms with Crippen molar-refractivity contribution in [3.63, 3.8) is 0 Å². The first-order valence-electron chi connectivity index (χ1n) is 11.0. The fourth-order valence-corrected chi connectivity index (χ4v) is 4.81. The molecule has 0 radical (unpaired) electrons. The maximum absolute atomic E-state index is 13.6.